The maximum Gasteiger partial charge on any atom is 0.324 e. The van der Waals surface area contributed by atoms with Gasteiger partial charge in [0.2, 0.25) is 15.8 Å². The Bertz CT molecular complexity index is 648. The number of sulfonamides is 1. The van der Waals surface area contributed by atoms with Gasteiger partial charge in [0.25, 0.3) is 0 Å². The third-order valence-corrected chi connectivity index (χ3v) is 5.45. The van der Waals surface area contributed by atoms with Crippen molar-refractivity contribution in [3.05, 3.63) is 34.1 Å². The van der Waals surface area contributed by atoms with Gasteiger partial charge in [0.05, 0.1) is 4.92 Å². The smallest absolute Gasteiger partial charge is 0.258 e. The molecule has 0 saturated heterocycles. The van der Waals surface area contributed by atoms with Crippen molar-refractivity contribution in [2.75, 3.05) is 6.54 Å². The van der Waals surface area contributed by atoms with Gasteiger partial charge in [-0.2, -0.15) is 4.39 Å². The third-order valence-electron chi connectivity index (χ3n) is 4.00. The number of para-hydroxylation sites is 1. The number of rotatable bonds is 5. The number of nitrogens with one attached hydrogen (secondary N) is 1. The Kier molecular flexibility index (Phi) is 4.58. The van der Waals surface area contributed by atoms with Crippen molar-refractivity contribution in [3.8, 4) is 0 Å². The highest BCUT2D eigenvalue weighted by molar-refractivity contribution is 7.89. The molecule has 0 aliphatic heterocycles. The van der Waals surface area contributed by atoms with E-state index in [0.29, 0.717) is 5.92 Å². The normalized spacial score (nSPS) is 22.4. The minimum atomic E-state index is -4.10. The summed E-state index contributed by atoms with van der Waals surface area (Å²) < 4.78 is 40.3. The van der Waals surface area contributed by atoms with E-state index in [0.717, 1.165) is 37.5 Å². The van der Waals surface area contributed by atoms with Crippen LogP contribution in [0.2, 0.25) is 0 Å². The summed E-state index contributed by atoms with van der Waals surface area (Å²) >= 11 is 0. The summed E-state index contributed by atoms with van der Waals surface area (Å²) in [5.74, 6) is -0.528. The first-order chi connectivity index (χ1) is 9.83. The van der Waals surface area contributed by atoms with E-state index >= 15 is 0 Å². The molecule has 116 valence electrons. The van der Waals surface area contributed by atoms with E-state index < -0.39 is 31.3 Å². The second-order valence-corrected chi connectivity index (χ2v) is 7.10. The van der Waals surface area contributed by atoms with E-state index in [9.17, 15) is 22.9 Å². The molecule has 1 aliphatic carbocycles. The zero-order chi connectivity index (χ0) is 15.6. The van der Waals surface area contributed by atoms with E-state index in [1.54, 1.807) is 0 Å². The molecule has 2 rings (SSSR count). The van der Waals surface area contributed by atoms with Crippen LogP contribution in [-0.4, -0.2) is 19.9 Å². The lowest BCUT2D eigenvalue weighted by atomic mass is 9.99. The van der Waals surface area contributed by atoms with Gasteiger partial charge in [-0.25, -0.2) is 13.1 Å². The first-order valence-electron chi connectivity index (χ1n) is 6.75. The summed E-state index contributed by atoms with van der Waals surface area (Å²) in [6.45, 7) is 2.27. The van der Waals surface area contributed by atoms with Gasteiger partial charge in [0.1, 0.15) is 0 Å². The maximum absolute atomic E-state index is 13.5. The number of halogens is 1. The first-order valence-corrected chi connectivity index (χ1v) is 8.24. The number of nitro benzene ring substituents is 1. The zero-order valence-electron chi connectivity index (χ0n) is 11.6. The van der Waals surface area contributed by atoms with Crippen LogP contribution in [0.4, 0.5) is 10.1 Å². The molecule has 0 heterocycles. The summed E-state index contributed by atoms with van der Waals surface area (Å²) in [7, 11) is -4.10. The molecule has 1 fully saturated rings. The lowest BCUT2D eigenvalue weighted by Crippen LogP contribution is -2.31. The number of benzene rings is 1. The Morgan fingerprint density at radius 1 is 1.43 bits per heavy atom. The molecule has 1 aromatic carbocycles. The molecule has 1 aliphatic rings. The van der Waals surface area contributed by atoms with Gasteiger partial charge in [-0.15, -0.1) is 0 Å². The van der Waals surface area contributed by atoms with Crippen LogP contribution in [0.15, 0.2) is 23.1 Å². The van der Waals surface area contributed by atoms with Gasteiger partial charge in [-0.05, 0) is 30.4 Å². The Labute approximate surface area is 122 Å². The van der Waals surface area contributed by atoms with E-state index in [-0.39, 0.29) is 12.5 Å². The average Bonchev–Trinajstić information content (AvgIpc) is 2.81. The highest BCUT2D eigenvalue weighted by Gasteiger charge is 2.31. The Morgan fingerprint density at radius 2 is 2.14 bits per heavy atom. The van der Waals surface area contributed by atoms with Gasteiger partial charge in [-0.1, -0.05) is 25.8 Å². The fourth-order valence-corrected chi connectivity index (χ4v) is 3.98. The van der Waals surface area contributed by atoms with Crippen molar-refractivity contribution in [1.29, 1.82) is 0 Å². The molecule has 0 radical (unpaired) electrons. The van der Waals surface area contributed by atoms with Crippen molar-refractivity contribution < 1.29 is 17.7 Å². The molecule has 2 unspecified atom stereocenters. The van der Waals surface area contributed by atoms with E-state index in [4.69, 9.17) is 0 Å². The second kappa shape index (κ2) is 6.07. The topological polar surface area (TPSA) is 89.3 Å². The number of nitro groups is 1. The maximum atomic E-state index is 13.5. The lowest BCUT2D eigenvalue weighted by Gasteiger charge is -2.16. The van der Waals surface area contributed by atoms with Crippen LogP contribution in [-0.2, 0) is 10.0 Å². The van der Waals surface area contributed by atoms with Gasteiger partial charge in [0.15, 0.2) is 4.90 Å². The summed E-state index contributed by atoms with van der Waals surface area (Å²) in [6, 6.07) is 3.06. The fraction of sp³-hybridized carbons (Fsp3) is 0.538. The second-order valence-electron chi connectivity index (χ2n) is 5.36. The predicted octanol–water partition coefficient (Wildman–Crippen LogP) is 2.45. The van der Waals surface area contributed by atoms with Gasteiger partial charge in [-0.3, -0.25) is 10.1 Å². The predicted molar refractivity (Wildman–Crippen MR) is 74.7 cm³/mol. The standard InChI is InChI=1S/C13H17FN2O4S/c1-9-4-2-5-10(9)8-15-21(19,20)12-7-3-6-11(14)13(12)16(17)18/h3,6-7,9-10,15H,2,4-5,8H2,1H3. The van der Waals surface area contributed by atoms with Crippen LogP contribution in [0.25, 0.3) is 0 Å². The van der Waals surface area contributed by atoms with Gasteiger partial charge in [0, 0.05) is 6.54 Å². The van der Waals surface area contributed by atoms with Crippen LogP contribution < -0.4 is 4.72 Å². The van der Waals surface area contributed by atoms with Crippen molar-refractivity contribution in [3.63, 3.8) is 0 Å². The Balaban J connectivity index is 2.24. The highest BCUT2D eigenvalue weighted by atomic mass is 32.2. The average molecular weight is 316 g/mol. The first kappa shape index (κ1) is 15.8. The van der Waals surface area contributed by atoms with Crippen LogP contribution in [0.5, 0.6) is 0 Å². The summed E-state index contributed by atoms with van der Waals surface area (Å²) in [4.78, 5) is 9.24. The monoisotopic (exact) mass is 316 g/mol. The number of hydrogen-bond donors (Lipinski definition) is 1. The highest BCUT2D eigenvalue weighted by Crippen LogP contribution is 2.31. The molecule has 1 aromatic rings. The van der Waals surface area contributed by atoms with E-state index in [2.05, 4.69) is 11.6 Å². The van der Waals surface area contributed by atoms with Crippen LogP contribution in [0.1, 0.15) is 26.2 Å². The largest absolute Gasteiger partial charge is 0.324 e. The summed E-state index contributed by atoms with van der Waals surface area (Å²) in [5, 5.41) is 10.9. The third kappa shape index (κ3) is 3.38. The molecule has 21 heavy (non-hydrogen) atoms. The molecule has 0 bridgehead atoms. The summed E-state index contributed by atoms with van der Waals surface area (Å²) in [6.07, 6.45) is 3.02. The zero-order valence-corrected chi connectivity index (χ0v) is 12.4. The molecule has 6 nitrogen and oxygen atoms in total. The molecule has 2 atom stereocenters. The minimum Gasteiger partial charge on any atom is -0.258 e. The quantitative estimate of drug-likeness (QED) is 0.667. The molecule has 0 amide bonds. The van der Waals surface area contributed by atoms with Crippen molar-refractivity contribution >= 4 is 15.7 Å². The Morgan fingerprint density at radius 3 is 2.71 bits per heavy atom. The van der Waals surface area contributed by atoms with Crippen molar-refractivity contribution in [2.24, 2.45) is 11.8 Å². The summed E-state index contributed by atoms with van der Waals surface area (Å²) in [5.41, 5.74) is -1.01. The Hall–Kier alpha value is -1.54. The van der Waals surface area contributed by atoms with E-state index in [1.807, 2.05) is 0 Å². The van der Waals surface area contributed by atoms with Crippen LogP contribution in [0.3, 0.4) is 0 Å². The minimum absolute atomic E-state index is 0.215. The van der Waals surface area contributed by atoms with Crippen LogP contribution >= 0.6 is 0 Å². The number of hydrogen-bond acceptors (Lipinski definition) is 4. The van der Waals surface area contributed by atoms with Crippen molar-refractivity contribution in [1.82, 2.24) is 4.72 Å². The van der Waals surface area contributed by atoms with E-state index in [1.165, 1.54) is 0 Å². The molecular weight excluding hydrogens is 299 g/mol. The lowest BCUT2D eigenvalue weighted by molar-refractivity contribution is -0.390. The molecule has 0 aromatic heterocycles. The van der Waals surface area contributed by atoms with Gasteiger partial charge >= 0.3 is 5.69 Å². The molecular formula is C13H17FN2O4S. The number of nitrogens with zero attached hydrogens (tertiary/aromatic N) is 1. The molecule has 0 spiro atoms. The fourth-order valence-electron chi connectivity index (χ4n) is 2.71. The molecule has 1 saturated carbocycles. The van der Waals surface area contributed by atoms with Gasteiger partial charge < -0.3 is 0 Å². The molecule has 1 N–H and O–H groups in total. The SMILES string of the molecule is CC1CCCC1CNS(=O)(=O)c1cccc(F)c1[N+](=O)[O-]. The van der Waals surface area contributed by atoms with Crippen LogP contribution in [0, 0.1) is 27.8 Å². The van der Waals surface area contributed by atoms with Crippen molar-refractivity contribution in [2.45, 2.75) is 31.1 Å². The molecule has 8 heteroatoms.